The van der Waals surface area contributed by atoms with Gasteiger partial charge in [0.15, 0.2) is 17.5 Å². The molecule has 0 saturated carbocycles. The van der Waals surface area contributed by atoms with Crippen LogP contribution in [0.5, 0.6) is 11.5 Å². The standard InChI is InChI=1S/C20H36N4O2.HI/c1-7-24(8-2)17(11-15(3)4)14-23-20(21)22-13-16-9-10-18(25-5)19(12-16)26-6;/h9-10,12,15,17H,7-8,11,13-14H2,1-6H3,(H3,21,22,23);1H. The van der Waals surface area contributed by atoms with E-state index in [2.05, 4.69) is 42.9 Å². The number of rotatable bonds is 11. The average molecular weight is 492 g/mol. The van der Waals surface area contributed by atoms with Gasteiger partial charge in [0, 0.05) is 12.6 Å². The van der Waals surface area contributed by atoms with Crippen molar-refractivity contribution in [1.82, 2.24) is 10.2 Å². The normalized spacial score (nSPS) is 12.7. The second kappa shape index (κ2) is 13.9. The summed E-state index contributed by atoms with van der Waals surface area (Å²) < 4.78 is 10.6. The third-order valence-corrected chi connectivity index (χ3v) is 4.47. The van der Waals surface area contributed by atoms with Crippen molar-refractivity contribution in [3.8, 4) is 11.5 Å². The number of halogens is 1. The van der Waals surface area contributed by atoms with E-state index < -0.39 is 0 Å². The van der Waals surface area contributed by atoms with Gasteiger partial charge in [-0.3, -0.25) is 4.90 Å². The van der Waals surface area contributed by atoms with Gasteiger partial charge in [0.1, 0.15) is 0 Å². The molecule has 0 aliphatic rings. The topological polar surface area (TPSA) is 72.1 Å². The van der Waals surface area contributed by atoms with E-state index >= 15 is 0 Å². The SMILES string of the molecule is CCN(CC)C(CNC(N)=NCc1ccc(OC)c(OC)c1)CC(C)C.I. The molecule has 0 spiro atoms. The Hall–Kier alpha value is -1.22. The molecule has 0 radical (unpaired) electrons. The fourth-order valence-electron chi connectivity index (χ4n) is 3.08. The Morgan fingerprint density at radius 2 is 1.78 bits per heavy atom. The van der Waals surface area contributed by atoms with E-state index in [0.717, 1.165) is 31.6 Å². The molecule has 0 saturated heterocycles. The van der Waals surface area contributed by atoms with Crippen LogP contribution in [0.25, 0.3) is 0 Å². The number of benzene rings is 1. The first-order chi connectivity index (χ1) is 12.4. The molecule has 7 heteroatoms. The molecule has 0 aliphatic carbocycles. The predicted molar refractivity (Wildman–Crippen MR) is 124 cm³/mol. The van der Waals surface area contributed by atoms with Crippen molar-refractivity contribution in [3.63, 3.8) is 0 Å². The highest BCUT2D eigenvalue weighted by molar-refractivity contribution is 14.0. The third kappa shape index (κ3) is 9.01. The highest BCUT2D eigenvalue weighted by Gasteiger charge is 2.17. The van der Waals surface area contributed by atoms with Crippen molar-refractivity contribution >= 4 is 29.9 Å². The van der Waals surface area contributed by atoms with Crippen LogP contribution in [0, 0.1) is 5.92 Å². The summed E-state index contributed by atoms with van der Waals surface area (Å²) in [6.07, 6.45) is 1.14. The fourth-order valence-corrected chi connectivity index (χ4v) is 3.08. The Morgan fingerprint density at radius 1 is 1.15 bits per heavy atom. The summed E-state index contributed by atoms with van der Waals surface area (Å²) in [5, 5.41) is 3.29. The number of hydrogen-bond donors (Lipinski definition) is 2. The lowest BCUT2D eigenvalue weighted by Gasteiger charge is -2.31. The van der Waals surface area contributed by atoms with Crippen LogP contribution in [0.2, 0.25) is 0 Å². The highest BCUT2D eigenvalue weighted by Crippen LogP contribution is 2.27. The minimum Gasteiger partial charge on any atom is -0.493 e. The van der Waals surface area contributed by atoms with Crippen LogP contribution in [-0.4, -0.2) is 50.8 Å². The van der Waals surface area contributed by atoms with Gasteiger partial charge in [0.2, 0.25) is 0 Å². The maximum Gasteiger partial charge on any atom is 0.188 e. The maximum absolute atomic E-state index is 6.07. The minimum absolute atomic E-state index is 0. The zero-order valence-corrected chi connectivity index (χ0v) is 19.9. The van der Waals surface area contributed by atoms with Crippen molar-refractivity contribution in [1.29, 1.82) is 0 Å². The second-order valence-corrected chi connectivity index (χ2v) is 6.78. The molecule has 3 N–H and O–H groups in total. The molecule has 0 aliphatic heterocycles. The summed E-state index contributed by atoms with van der Waals surface area (Å²) in [5.41, 5.74) is 7.10. The summed E-state index contributed by atoms with van der Waals surface area (Å²) in [4.78, 5) is 6.92. The Kier molecular flexibility index (Phi) is 13.2. The van der Waals surface area contributed by atoms with Crippen molar-refractivity contribution in [2.24, 2.45) is 16.6 Å². The van der Waals surface area contributed by atoms with Crippen LogP contribution in [0.15, 0.2) is 23.2 Å². The molecular weight excluding hydrogens is 455 g/mol. The quantitative estimate of drug-likeness (QED) is 0.281. The number of methoxy groups -OCH3 is 2. The van der Waals surface area contributed by atoms with Gasteiger partial charge in [-0.15, -0.1) is 24.0 Å². The van der Waals surface area contributed by atoms with Crippen LogP contribution in [-0.2, 0) is 6.54 Å². The van der Waals surface area contributed by atoms with E-state index in [1.807, 2.05) is 18.2 Å². The lowest BCUT2D eigenvalue weighted by atomic mass is 10.0. The largest absolute Gasteiger partial charge is 0.493 e. The van der Waals surface area contributed by atoms with Crippen LogP contribution >= 0.6 is 24.0 Å². The number of hydrogen-bond acceptors (Lipinski definition) is 4. The molecule has 0 heterocycles. The van der Waals surface area contributed by atoms with Crippen LogP contribution in [0.3, 0.4) is 0 Å². The van der Waals surface area contributed by atoms with Gasteiger partial charge in [-0.2, -0.15) is 0 Å². The zero-order valence-electron chi connectivity index (χ0n) is 17.6. The van der Waals surface area contributed by atoms with Crippen LogP contribution < -0.4 is 20.5 Å². The van der Waals surface area contributed by atoms with E-state index in [9.17, 15) is 0 Å². The van der Waals surface area contributed by atoms with Crippen LogP contribution in [0.1, 0.15) is 39.7 Å². The lowest BCUT2D eigenvalue weighted by molar-refractivity contribution is 0.191. The summed E-state index contributed by atoms with van der Waals surface area (Å²) in [6, 6.07) is 6.23. The summed E-state index contributed by atoms with van der Waals surface area (Å²) in [7, 11) is 3.25. The van der Waals surface area contributed by atoms with E-state index in [1.54, 1.807) is 14.2 Å². The van der Waals surface area contributed by atoms with E-state index in [1.165, 1.54) is 0 Å². The maximum atomic E-state index is 6.07. The number of nitrogens with zero attached hydrogens (tertiary/aromatic N) is 2. The van der Waals surface area contributed by atoms with Gasteiger partial charge in [-0.25, -0.2) is 4.99 Å². The van der Waals surface area contributed by atoms with Crippen molar-refractivity contribution < 1.29 is 9.47 Å². The van der Waals surface area contributed by atoms with Gasteiger partial charge in [0.05, 0.1) is 20.8 Å². The van der Waals surface area contributed by atoms with Crippen LogP contribution in [0.4, 0.5) is 0 Å². The van der Waals surface area contributed by atoms with E-state index in [-0.39, 0.29) is 24.0 Å². The molecule has 1 aromatic carbocycles. The van der Waals surface area contributed by atoms with Gasteiger partial charge in [0.25, 0.3) is 0 Å². The first-order valence-corrected chi connectivity index (χ1v) is 9.43. The molecule has 1 aromatic rings. The fraction of sp³-hybridized carbons (Fsp3) is 0.650. The molecule has 6 nitrogen and oxygen atoms in total. The molecule has 0 amide bonds. The second-order valence-electron chi connectivity index (χ2n) is 6.78. The molecule has 1 unspecified atom stereocenters. The first-order valence-electron chi connectivity index (χ1n) is 9.43. The van der Waals surface area contributed by atoms with Crippen molar-refractivity contribution in [2.75, 3.05) is 33.9 Å². The van der Waals surface area contributed by atoms with Gasteiger partial charge < -0.3 is 20.5 Å². The van der Waals surface area contributed by atoms with E-state index in [0.29, 0.717) is 36.0 Å². The number of nitrogens with two attached hydrogens (primary N) is 1. The minimum atomic E-state index is 0. The molecular formula is C20H37IN4O2. The Bertz CT molecular complexity index is 563. The number of guanidine groups is 1. The molecule has 0 fully saturated rings. The Morgan fingerprint density at radius 3 is 2.30 bits per heavy atom. The van der Waals surface area contributed by atoms with Crippen molar-refractivity contribution in [3.05, 3.63) is 23.8 Å². The van der Waals surface area contributed by atoms with Gasteiger partial charge >= 0.3 is 0 Å². The first kappa shape index (κ1) is 25.8. The highest BCUT2D eigenvalue weighted by atomic mass is 127. The molecule has 0 bridgehead atoms. The summed E-state index contributed by atoms with van der Waals surface area (Å²) in [6.45, 7) is 12.3. The summed E-state index contributed by atoms with van der Waals surface area (Å²) >= 11 is 0. The number of ether oxygens (including phenoxy) is 2. The van der Waals surface area contributed by atoms with E-state index in [4.69, 9.17) is 15.2 Å². The van der Waals surface area contributed by atoms with Gasteiger partial charge in [-0.1, -0.05) is 33.8 Å². The number of aliphatic imine (C=N–C) groups is 1. The zero-order chi connectivity index (χ0) is 19.5. The van der Waals surface area contributed by atoms with Gasteiger partial charge in [-0.05, 0) is 43.1 Å². The molecule has 27 heavy (non-hydrogen) atoms. The molecule has 156 valence electrons. The molecule has 0 aromatic heterocycles. The molecule has 1 rings (SSSR count). The Balaban J connectivity index is 0.00000676. The number of likely N-dealkylation sites (N-methyl/N-ethyl adjacent to an activating group) is 1. The van der Waals surface area contributed by atoms with Crippen molar-refractivity contribution in [2.45, 2.75) is 46.7 Å². The molecule has 1 atom stereocenters. The monoisotopic (exact) mass is 492 g/mol. The smallest absolute Gasteiger partial charge is 0.188 e. The lowest BCUT2D eigenvalue weighted by Crippen LogP contribution is -2.46. The number of nitrogens with one attached hydrogen (secondary N) is 1. The Labute approximate surface area is 181 Å². The predicted octanol–water partition coefficient (Wildman–Crippen LogP) is 3.48. The summed E-state index contributed by atoms with van der Waals surface area (Å²) in [5.74, 6) is 2.53. The third-order valence-electron chi connectivity index (χ3n) is 4.47. The average Bonchev–Trinajstić information content (AvgIpc) is 2.64.